The molecule has 20 heavy (non-hydrogen) atoms. The van der Waals surface area contributed by atoms with Crippen molar-refractivity contribution in [3.63, 3.8) is 0 Å². The third-order valence-electron chi connectivity index (χ3n) is 2.44. The number of methoxy groups -OCH3 is 1. The van der Waals surface area contributed by atoms with Gasteiger partial charge in [0.25, 0.3) is 0 Å². The van der Waals surface area contributed by atoms with E-state index in [2.05, 4.69) is 5.16 Å². The number of hydrogen-bond donors (Lipinski definition) is 1. The summed E-state index contributed by atoms with van der Waals surface area (Å²) in [6.45, 7) is 0.387. The fourth-order valence-corrected chi connectivity index (χ4v) is 1.74. The standard InChI is InChI=1S/C13H12ClNO5/c1-18-7-10-5-9(15-20-10)6-19-12-4-8(14)2-3-11(12)13(16)17/h2-5H,6-7H2,1H3,(H,16,17). The van der Waals surface area contributed by atoms with Crippen molar-refractivity contribution in [1.82, 2.24) is 5.16 Å². The van der Waals surface area contributed by atoms with E-state index in [1.54, 1.807) is 13.2 Å². The highest BCUT2D eigenvalue weighted by Crippen LogP contribution is 2.24. The number of hydrogen-bond acceptors (Lipinski definition) is 5. The second kappa shape index (κ2) is 6.40. The van der Waals surface area contributed by atoms with Crippen molar-refractivity contribution in [2.24, 2.45) is 0 Å². The molecule has 0 aliphatic rings. The molecule has 0 saturated carbocycles. The Bertz CT molecular complexity index is 611. The van der Waals surface area contributed by atoms with Gasteiger partial charge in [-0.1, -0.05) is 16.8 Å². The molecule has 1 aromatic carbocycles. The van der Waals surface area contributed by atoms with Crippen LogP contribution < -0.4 is 4.74 Å². The average Bonchev–Trinajstić information content (AvgIpc) is 2.84. The van der Waals surface area contributed by atoms with E-state index in [-0.39, 0.29) is 17.9 Å². The van der Waals surface area contributed by atoms with E-state index in [0.717, 1.165) is 0 Å². The third kappa shape index (κ3) is 3.49. The van der Waals surface area contributed by atoms with Gasteiger partial charge in [-0.15, -0.1) is 0 Å². The molecule has 0 bridgehead atoms. The van der Waals surface area contributed by atoms with Crippen molar-refractivity contribution in [1.29, 1.82) is 0 Å². The van der Waals surface area contributed by atoms with Gasteiger partial charge in [0.1, 0.15) is 30.2 Å². The average molecular weight is 298 g/mol. The Kier molecular flexibility index (Phi) is 4.60. The molecular formula is C13H12ClNO5. The Morgan fingerprint density at radius 2 is 2.20 bits per heavy atom. The highest BCUT2D eigenvalue weighted by molar-refractivity contribution is 6.30. The molecular weight excluding hydrogens is 286 g/mol. The van der Waals surface area contributed by atoms with Crippen LogP contribution >= 0.6 is 11.6 Å². The number of halogens is 1. The fourth-order valence-electron chi connectivity index (χ4n) is 1.58. The lowest BCUT2D eigenvalue weighted by Gasteiger charge is -2.07. The van der Waals surface area contributed by atoms with Gasteiger partial charge in [-0.3, -0.25) is 0 Å². The molecule has 0 amide bonds. The van der Waals surface area contributed by atoms with E-state index in [4.69, 9.17) is 30.7 Å². The Morgan fingerprint density at radius 3 is 2.90 bits per heavy atom. The summed E-state index contributed by atoms with van der Waals surface area (Å²) >= 11 is 5.83. The van der Waals surface area contributed by atoms with Gasteiger partial charge in [-0.2, -0.15) is 0 Å². The topological polar surface area (TPSA) is 81.8 Å². The van der Waals surface area contributed by atoms with Crippen molar-refractivity contribution >= 4 is 17.6 Å². The van der Waals surface area contributed by atoms with E-state index in [9.17, 15) is 4.79 Å². The lowest BCUT2D eigenvalue weighted by Crippen LogP contribution is -2.03. The van der Waals surface area contributed by atoms with E-state index in [1.807, 2.05) is 0 Å². The van der Waals surface area contributed by atoms with Gasteiger partial charge >= 0.3 is 5.97 Å². The second-order valence-corrected chi connectivity index (χ2v) is 4.39. The lowest BCUT2D eigenvalue weighted by molar-refractivity contribution is 0.0691. The third-order valence-corrected chi connectivity index (χ3v) is 2.68. The van der Waals surface area contributed by atoms with Gasteiger partial charge in [0.2, 0.25) is 0 Å². The normalized spacial score (nSPS) is 10.5. The van der Waals surface area contributed by atoms with Crippen LogP contribution in [0.5, 0.6) is 5.75 Å². The molecule has 2 aromatic rings. The van der Waals surface area contributed by atoms with Crippen LogP contribution in [-0.4, -0.2) is 23.3 Å². The minimum absolute atomic E-state index is 0.0370. The molecule has 0 atom stereocenters. The Labute approximate surface area is 119 Å². The quantitative estimate of drug-likeness (QED) is 0.883. The number of carboxylic acids is 1. The number of carboxylic acid groups (broad SMARTS) is 1. The summed E-state index contributed by atoms with van der Waals surface area (Å²) in [5, 5.41) is 13.2. The zero-order valence-corrected chi connectivity index (χ0v) is 11.4. The Hall–Kier alpha value is -2.05. The first-order chi connectivity index (χ1) is 9.60. The monoisotopic (exact) mass is 297 g/mol. The van der Waals surface area contributed by atoms with E-state index in [0.29, 0.717) is 23.1 Å². The van der Waals surface area contributed by atoms with E-state index >= 15 is 0 Å². The summed E-state index contributed by atoms with van der Waals surface area (Å²) in [5.74, 6) is -0.339. The van der Waals surface area contributed by atoms with E-state index < -0.39 is 5.97 Å². The van der Waals surface area contributed by atoms with Crippen LogP contribution in [0.1, 0.15) is 21.8 Å². The Morgan fingerprint density at radius 1 is 1.40 bits per heavy atom. The summed E-state index contributed by atoms with van der Waals surface area (Å²) in [4.78, 5) is 11.1. The van der Waals surface area contributed by atoms with E-state index in [1.165, 1.54) is 18.2 Å². The summed E-state index contributed by atoms with van der Waals surface area (Å²) in [6, 6.07) is 6.00. The number of aromatic nitrogens is 1. The number of benzene rings is 1. The molecule has 2 rings (SSSR count). The predicted molar refractivity (Wildman–Crippen MR) is 70.0 cm³/mol. The SMILES string of the molecule is COCc1cc(COc2cc(Cl)ccc2C(=O)O)no1. The van der Waals surface area contributed by atoms with Gasteiger partial charge in [0.05, 0.1) is 0 Å². The van der Waals surface area contributed by atoms with Crippen LogP contribution in [0.25, 0.3) is 0 Å². The van der Waals surface area contributed by atoms with Gasteiger partial charge in [-0.25, -0.2) is 4.79 Å². The van der Waals surface area contributed by atoms with Gasteiger partial charge < -0.3 is 19.1 Å². The van der Waals surface area contributed by atoms with Crippen LogP contribution in [0.3, 0.4) is 0 Å². The number of carbonyl (C=O) groups is 1. The number of aromatic carboxylic acids is 1. The summed E-state index contributed by atoms with van der Waals surface area (Å²) in [6.07, 6.45) is 0. The van der Waals surface area contributed by atoms with Crippen LogP contribution in [-0.2, 0) is 18.0 Å². The molecule has 0 spiro atoms. The molecule has 0 radical (unpaired) electrons. The smallest absolute Gasteiger partial charge is 0.339 e. The molecule has 6 nitrogen and oxygen atoms in total. The minimum Gasteiger partial charge on any atom is -0.486 e. The van der Waals surface area contributed by atoms with Crippen LogP contribution in [0.2, 0.25) is 5.02 Å². The van der Waals surface area contributed by atoms with Crippen LogP contribution in [0.15, 0.2) is 28.8 Å². The minimum atomic E-state index is -1.09. The highest BCUT2D eigenvalue weighted by atomic mass is 35.5. The Balaban J connectivity index is 2.09. The molecule has 7 heteroatoms. The van der Waals surface area contributed by atoms with Crippen LogP contribution in [0.4, 0.5) is 0 Å². The van der Waals surface area contributed by atoms with Crippen molar-refractivity contribution in [2.45, 2.75) is 13.2 Å². The molecule has 1 heterocycles. The summed E-state index contributed by atoms with van der Waals surface area (Å²) in [5.41, 5.74) is 0.573. The number of ether oxygens (including phenoxy) is 2. The first-order valence-corrected chi connectivity index (χ1v) is 6.07. The second-order valence-electron chi connectivity index (χ2n) is 3.95. The molecule has 1 N–H and O–H groups in total. The van der Waals surface area contributed by atoms with Crippen molar-refractivity contribution in [3.05, 3.63) is 46.3 Å². The highest BCUT2D eigenvalue weighted by Gasteiger charge is 2.13. The molecule has 106 valence electrons. The number of rotatable bonds is 6. The molecule has 0 unspecified atom stereocenters. The molecule has 0 aliphatic carbocycles. The molecule has 0 aliphatic heterocycles. The predicted octanol–water partition coefficient (Wildman–Crippen LogP) is 2.75. The maximum atomic E-state index is 11.1. The zero-order valence-electron chi connectivity index (χ0n) is 10.6. The van der Waals surface area contributed by atoms with Crippen LogP contribution in [0, 0.1) is 0 Å². The van der Waals surface area contributed by atoms with Crippen molar-refractivity contribution < 1.29 is 23.9 Å². The van der Waals surface area contributed by atoms with Gasteiger partial charge in [0.15, 0.2) is 5.76 Å². The molecule has 0 saturated heterocycles. The molecule has 1 aromatic heterocycles. The van der Waals surface area contributed by atoms with Gasteiger partial charge in [-0.05, 0) is 18.2 Å². The number of nitrogens with zero attached hydrogens (tertiary/aromatic N) is 1. The fraction of sp³-hybridized carbons (Fsp3) is 0.231. The maximum Gasteiger partial charge on any atom is 0.339 e. The first kappa shape index (κ1) is 14.4. The lowest BCUT2D eigenvalue weighted by atomic mass is 10.2. The largest absolute Gasteiger partial charge is 0.486 e. The molecule has 0 fully saturated rings. The van der Waals surface area contributed by atoms with Crippen molar-refractivity contribution in [3.8, 4) is 5.75 Å². The maximum absolute atomic E-state index is 11.1. The van der Waals surface area contributed by atoms with Crippen molar-refractivity contribution in [2.75, 3.05) is 7.11 Å². The zero-order chi connectivity index (χ0) is 14.5. The first-order valence-electron chi connectivity index (χ1n) is 5.69. The summed E-state index contributed by atoms with van der Waals surface area (Å²) < 4.78 is 15.3. The van der Waals surface area contributed by atoms with Gasteiger partial charge in [0, 0.05) is 18.2 Å². The summed E-state index contributed by atoms with van der Waals surface area (Å²) in [7, 11) is 1.55.